The highest BCUT2D eigenvalue weighted by molar-refractivity contribution is 6.00. The minimum Gasteiger partial charge on any atom is -0.422 e. The second-order valence-electron chi connectivity index (χ2n) is 4.01. The average molecular weight is 262 g/mol. The third-order valence-electron chi connectivity index (χ3n) is 2.44. The van der Waals surface area contributed by atoms with Crippen LogP contribution in [0.4, 0.5) is 0 Å². The first-order valence-corrected chi connectivity index (χ1v) is 5.51. The smallest absolute Gasteiger partial charge is 0.341 e. The molecule has 8 nitrogen and oxygen atoms in total. The second-order valence-corrected chi connectivity index (χ2v) is 4.01. The fourth-order valence-electron chi connectivity index (χ4n) is 1.70. The van der Waals surface area contributed by atoms with Crippen LogP contribution in [-0.4, -0.2) is 30.8 Å². The van der Waals surface area contributed by atoms with E-state index in [1.54, 1.807) is 20.0 Å². The summed E-state index contributed by atoms with van der Waals surface area (Å²) in [7, 11) is 1.73. The molecule has 0 aliphatic heterocycles. The van der Waals surface area contributed by atoms with Crippen LogP contribution in [0.1, 0.15) is 17.0 Å². The number of hydrogen-bond acceptors (Lipinski definition) is 6. The van der Waals surface area contributed by atoms with Gasteiger partial charge < -0.3 is 15.7 Å². The summed E-state index contributed by atoms with van der Waals surface area (Å²) < 4.78 is 7.07. The number of nitrogens with zero attached hydrogens (tertiary/aromatic N) is 5. The van der Waals surface area contributed by atoms with Gasteiger partial charge in [-0.1, -0.05) is 5.16 Å². The molecule has 0 unspecified atom stereocenters. The monoisotopic (exact) mass is 262 g/mol. The summed E-state index contributed by atoms with van der Waals surface area (Å²) in [6, 6.07) is 1.86. The van der Waals surface area contributed by atoms with Gasteiger partial charge in [0.15, 0.2) is 5.84 Å². The van der Waals surface area contributed by atoms with E-state index in [1.807, 2.05) is 6.92 Å². The van der Waals surface area contributed by atoms with Gasteiger partial charge in [-0.2, -0.15) is 4.98 Å². The Bertz CT molecular complexity index is 634. The number of ether oxygens (including phenoxy) is 1. The number of amidine groups is 1. The molecule has 2 aromatic heterocycles. The normalized spacial score (nSPS) is 11.6. The molecule has 0 aliphatic rings. The quantitative estimate of drug-likeness (QED) is 0.365. The van der Waals surface area contributed by atoms with Crippen molar-refractivity contribution in [2.45, 2.75) is 13.8 Å². The largest absolute Gasteiger partial charge is 0.422 e. The van der Waals surface area contributed by atoms with Crippen LogP contribution < -0.4 is 10.5 Å². The fourth-order valence-corrected chi connectivity index (χ4v) is 1.70. The molecule has 2 heterocycles. The van der Waals surface area contributed by atoms with E-state index < -0.39 is 0 Å². The molecule has 2 aromatic rings. The zero-order chi connectivity index (χ0) is 14.0. The first kappa shape index (κ1) is 12.8. The Hall–Kier alpha value is -2.64. The summed E-state index contributed by atoms with van der Waals surface area (Å²) in [5.74, 6) is 0.322. The number of pyridine rings is 1. The van der Waals surface area contributed by atoms with E-state index in [2.05, 4.69) is 20.2 Å². The second kappa shape index (κ2) is 4.92. The number of oxime groups is 1. The molecular weight excluding hydrogens is 248 g/mol. The van der Waals surface area contributed by atoms with Crippen LogP contribution in [-0.2, 0) is 7.05 Å². The van der Waals surface area contributed by atoms with Gasteiger partial charge in [-0.05, 0) is 13.8 Å². The van der Waals surface area contributed by atoms with Crippen LogP contribution in [0.25, 0.3) is 0 Å². The van der Waals surface area contributed by atoms with Gasteiger partial charge in [0.1, 0.15) is 12.1 Å². The summed E-state index contributed by atoms with van der Waals surface area (Å²) in [6.07, 6.45) is 1.51. The Morgan fingerprint density at radius 1 is 1.47 bits per heavy atom. The van der Waals surface area contributed by atoms with Crippen LogP contribution in [0.3, 0.4) is 0 Å². The lowest BCUT2D eigenvalue weighted by atomic mass is 10.1. The first-order chi connectivity index (χ1) is 9.01. The van der Waals surface area contributed by atoms with Gasteiger partial charge in [0.2, 0.25) is 0 Å². The molecule has 0 spiro atoms. The Kier molecular flexibility index (Phi) is 3.32. The summed E-state index contributed by atoms with van der Waals surface area (Å²) in [4.78, 5) is 8.21. The number of aryl methyl sites for hydroxylation is 3. The SMILES string of the molecule is Cc1cc(Oc2ncn(C)n2)c(/C(N)=N/O)c(C)n1. The maximum Gasteiger partial charge on any atom is 0.341 e. The highest BCUT2D eigenvalue weighted by Crippen LogP contribution is 2.25. The molecule has 3 N–H and O–H groups in total. The Labute approximate surface area is 109 Å². The van der Waals surface area contributed by atoms with E-state index in [0.717, 1.165) is 5.69 Å². The van der Waals surface area contributed by atoms with Gasteiger partial charge in [0, 0.05) is 18.8 Å². The average Bonchev–Trinajstić information content (AvgIpc) is 2.73. The minimum atomic E-state index is -0.0732. The molecule has 0 amide bonds. The van der Waals surface area contributed by atoms with Crippen molar-refractivity contribution in [1.29, 1.82) is 0 Å². The van der Waals surface area contributed by atoms with Crippen molar-refractivity contribution in [2.75, 3.05) is 0 Å². The summed E-state index contributed by atoms with van der Waals surface area (Å²) in [5, 5.41) is 15.8. The van der Waals surface area contributed by atoms with Crippen molar-refractivity contribution >= 4 is 5.84 Å². The van der Waals surface area contributed by atoms with Crippen molar-refractivity contribution < 1.29 is 9.94 Å². The van der Waals surface area contributed by atoms with Gasteiger partial charge in [0.05, 0.1) is 11.3 Å². The molecular formula is C11H14N6O2. The third kappa shape index (κ3) is 2.62. The van der Waals surface area contributed by atoms with Crippen molar-refractivity contribution in [2.24, 2.45) is 17.9 Å². The van der Waals surface area contributed by atoms with Gasteiger partial charge >= 0.3 is 6.01 Å². The topological polar surface area (TPSA) is 111 Å². The van der Waals surface area contributed by atoms with Crippen LogP contribution in [0.2, 0.25) is 0 Å². The molecule has 0 atom stereocenters. The lowest BCUT2D eigenvalue weighted by molar-refractivity contribution is 0.318. The van der Waals surface area contributed by atoms with Crippen molar-refractivity contribution in [3.8, 4) is 11.8 Å². The highest BCUT2D eigenvalue weighted by atomic mass is 16.5. The highest BCUT2D eigenvalue weighted by Gasteiger charge is 2.16. The summed E-state index contributed by atoms with van der Waals surface area (Å²) in [6.45, 7) is 3.57. The molecule has 0 aliphatic carbocycles. The Morgan fingerprint density at radius 3 is 2.79 bits per heavy atom. The Morgan fingerprint density at radius 2 is 2.21 bits per heavy atom. The number of nitrogens with two attached hydrogens (primary N) is 1. The maximum atomic E-state index is 8.82. The molecule has 0 fully saturated rings. The molecule has 0 bridgehead atoms. The van der Waals surface area contributed by atoms with Crippen LogP contribution >= 0.6 is 0 Å². The van der Waals surface area contributed by atoms with Gasteiger partial charge in [-0.15, -0.1) is 5.10 Å². The van der Waals surface area contributed by atoms with E-state index in [-0.39, 0.29) is 11.8 Å². The molecule has 100 valence electrons. The van der Waals surface area contributed by atoms with Crippen LogP contribution in [0.15, 0.2) is 17.5 Å². The number of aromatic nitrogens is 4. The zero-order valence-electron chi connectivity index (χ0n) is 10.8. The minimum absolute atomic E-state index is 0.0732. The zero-order valence-corrected chi connectivity index (χ0v) is 10.8. The van der Waals surface area contributed by atoms with E-state index in [9.17, 15) is 0 Å². The molecule has 0 radical (unpaired) electrons. The fraction of sp³-hybridized carbons (Fsp3) is 0.273. The molecule has 0 saturated heterocycles. The molecule has 2 rings (SSSR count). The van der Waals surface area contributed by atoms with E-state index in [1.165, 1.54) is 11.0 Å². The molecule has 0 aromatic carbocycles. The predicted molar refractivity (Wildman–Crippen MR) is 67.3 cm³/mol. The predicted octanol–water partition coefficient (Wildman–Crippen LogP) is 0.714. The van der Waals surface area contributed by atoms with Gasteiger partial charge in [-0.25, -0.2) is 0 Å². The van der Waals surface area contributed by atoms with Gasteiger partial charge in [-0.3, -0.25) is 9.67 Å². The maximum absolute atomic E-state index is 8.82. The van der Waals surface area contributed by atoms with Crippen LogP contribution in [0.5, 0.6) is 11.8 Å². The van der Waals surface area contributed by atoms with Gasteiger partial charge in [0.25, 0.3) is 0 Å². The standard InChI is InChI=1S/C11H14N6O2/c1-6-4-8(19-11-13-5-17(3)15-11)9(7(2)14-6)10(12)16-18/h4-5,18H,1-3H3,(H2,12,16). The molecule has 19 heavy (non-hydrogen) atoms. The summed E-state index contributed by atoms with van der Waals surface area (Å²) >= 11 is 0. The van der Waals surface area contributed by atoms with Crippen molar-refractivity contribution in [1.82, 2.24) is 19.7 Å². The lowest BCUT2D eigenvalue weighted by Gasteiger charge is -2.11. The third-order valence-corrected chi connectivity index (χ3v) is 2.44. The van der Waals surface area contributed by atoms with E-state index in [4.69, 9.17) is 15.7 Å². The van der Waals surface area contributed by atoms with Crippen molar-refractivity contribution in [3.05, 3.63) is 29.3 Å². The van der Waals surface area contributed by atoms with Crippen LogP contribution in [0, 0.1) is 13.8 Å². The van der Waals surface area contributed by atoms with Crippen molar-refractivity contribution in [3.63, 3.8) is 0 Å². The lowest BCUT2D eigenvalue weighted by Crippen LogP contribution is -2.17. The first-order valence-electron chi connectivity index (χ1n) is 5.51. The molecule has 8 heteroatoms. The Balaban J connectivity index is 2.48. The molecule has 0 saturated carbocycles. The van der Waals surface area contributed by atoms with E-state index >= 15 is 0 Å². The van der Waals surface area contributed by atoms with E-state index in [0.29, 0.717) is 17.0 Å². The summed E-state index contributed by atoms with van der Waals surface area (Å²) in [5.41, 5.74) is 7.40. The number of hydrogen-bond donors (Lipinski definition) is 2. The number of rotatable bonds is 3.